The number of nitrogens with one attached hydrogen (secondary N) is 2. The van der Waals surface area contributed by atoms with E-state index in [1.165, 1.54) is 22.5 Å². The summed E-state index contributed by atoms with van der Waals surface area (Å²) in [6.45, 7) is 1.32. The van der Waals surface area contributed by atoms with Crippen molar-refractivity contribution < 1.29 is 17.9 Å². The van der Waals surface area contributed by atoms with Crippen molar-refractivity contribution in [3.05, 3.63) is 59.2 Å². The topological polar surface area (TPSA) is 91.5 Å². The zero-order valence-corrected chi connectivity index (χ0v) is 17.1. The highest BCUT2D eigenvalue weighted by atomic mass is 35.5. The van der Waals surface area contributed by atoms with Gasteiger partial charge in [-0.2, -0.15) is 4.31 Å². The number of hydrogen-bond donors (Lipinski definition) is 2. The maximum Gasteiger partial charge on any atom is 0.243 e. The first kappa shape index (κ1) is 19.9. The Labute approximate surface area is 173 Å². The summed E-state index contributed by atoms with van der Waals surface area (Å²) in [5.74, 6) is -0.279. The fourth-order valence-corrected chi connectivity index (χ4v) is 4.88. The lowest BCUT2D eigenvalue weighted by molar-refractivity contribution is -0.115. The van der Waals surface area contributed by atoms with Crippen molar-refractivity contribution in [3.8, 4) is 0 Å². The first-order chi connectivity index (χ1) is 13.9. The predicted molar refractivity (Wildman–Crippen MR) is 112 cm³/mol. The van der Waals surface area contributed by atoms with E-state index in [1.54, 1.807) is 0 Å². The van der Waals surface area contributed by atoms with Crippen LogP contribution in [0, 0.1) is 0 Å². The van der Waals surface area contributed by atoms with Crippen LogP contribution < -0.4 is 5.32 Å². The standard InChI is InChI=1S/C20H20ClN3O4S/c21-17-4-3-16(29(26,27)24-7-9-28-10-8-24)13-19(17)23-20(25)12-14-1-2-15-5-6-22-18(15)11-14/h1-6,11,13,22H,7-10,12H2,(H,23,25). The molecule has 4 rings (SSSR count). The second kappa shape index (κ2) is 8.16. The van der Waals surface area contributed by atoms with Crippen molar-refractivity contribution in [2.24, 2.45) is 0 Å². The lowest BCUT2D eigenvalue weighted by Crippen LogP contribution is -2.40. The van der Waals surface area contributed by atoms with Gasteiger partial charge in [-0.25, -0.2) is 8.42 Å². The van der Waals surface area contributed by atoms with Crippen molar-refractivity contribution in [1.82, 2.24) is 9.29 Å². The van der Waals surface area contributed by atoms with Gasteiger partial charge in [0.15, 0.2) is 0 Å². The molecule has 0 radical (unpaired) electrons. The zero-order chi connectivity index (χ0) is 20.4. The average Bonchev–Trinajstić information content (AvgIpc) is 3.18. The number of ether oxygens (including phenoxy) is 1. The third-order valence-corrected chi connectivity index (χ3v) is 7.03. The molecule has 2 N–H and O–H groups in total. The number of nitrogens with zero attached hydrogens (tertiary/aromatic N) is 1. The Balaban J connectivity index is 1.51. The van der Waals surface area contributed by atoms with Crippen molar-refractivity contribution in [3.63, 3.8) is 0 Å². The summed E-state index contributed by atoms with van der Waals surface area (Å²) in [7, 11) is -3.67. The van der Waals surface area contributed by atoms with Gasteiger partial charge in [-0.05, 0) is 41.3 Å². The largest absolute Gasteiger partial charge is 0.379 e. The van der Waals surface area contributed by atoms with Crippen molar-refractivity contribution in [2.75, 3.05) is 31.6 Å². The van der Waals surface area contributed by atoms with Crippen LogP contribution in [-0.4, -0.2) is 49.9 Å². The fourth-order valence-electron chi connectivity index (χ4n) is 3.28. The summed E-state index contributed by atoms with van der Waals surface area (Å²) in [6, 6.07) is 12.0. The summed E-state index contributed by atoms with van der Waals surface area (Å²) in [5.41, 5.74) is 2.06. The molecule has 1 aliphatic rings. The Morgan fingerprint density at radius 3 is 2.72 bits per heavy atom. The maximum absolute atomic E-state index is 12.8. The van der Waals surface area contributed by atoms with Gasteiger partial charge in [-0.15, -0.1) is 0 Å². The Hall–Kier alpha value is -2.39. The molecule has 1 saturated heterocycles. The van der Waals surface area contributed by atoms with Crippen LogP contribution in [0.2, 0.25) is 5.02 Å². The quantitative estimate of drug-likeness (QED) is 0.647. The van der Waals surface area contributed by atoms with Crippen LogP contribution in [0.25, 0.3) is 10.9 Å². The Bertz CT molecular complexity index is 1150. The van der Waals surface area contributed by atoms with Gasteiger partial charge in [0.1, 0.15) is 0 Å². The molecule has 2 heterocycles. The van der Waals surface area contributed by atoms with Crippen molar-refractivity contribution >= 4 is 44.1 Å². The Morgan fingerprint density at radius 2 is 1.93 bits per heavy atom. The number of morpholine rings is 1. The molecule has 1 aromatic heterocycles. The molecule has 0 saturated carbocycles. The summed E-state index contributed by atoms with van der Waals surface area (Å²) in [6.07, 6.45) is 1.99. The van der Waals surface area contributed by atoms with Gasteiger partial charge in [0.25, 0.3) is 0 Å². The number of carbonyl (C=O) groups is 1. The number of H-pyrrole nitrogens is 1. The number of aromatic nitrogens is 1. The monoisotopic (exact) mass is 433 g/mol. The number of carbonyl (C=O) groups excluding carboxylic acids is 1. The molecule has 1 amide bonds. The maximum atomic E-state index is 12.8. The van der Waals surface area contributed by atoms with Gasteiger partial charge in [-0.1, -0.05) is 23.7 Å². The fraction of sp³-hybridized carbons (Fsp3) is 0.250. The van der Waals surface area contributed by atoms with Crippen LogP contribution in [-0.2, 0) is 26.0 Å². The molecule has 9 heteroatoms. The van der Waals surface area contributed by atoms with E-state index < -0.39 is 10.0 Å². The van der Waals surface area contributed by atoms with Gasteiger partial charge >= 0.3 is 0 Å². The first-order valence-corrected chi connectivity index (χ1v) is 11.0. The second-order valence-corrected chi connectivity index (χ2v) is 9.13. The zero-order valence-electron chi connectivity index (χ0n) is 15.5. The van der Waals surface area contributed by atoms with E-state index in [0.717, 1.165) is 16.5 Å². The molecule has 1 aliphatic heterocycles. The number of aromatic amines is 1. The van der Waals surface area contributed by atoms with Crippen LogP contribution in [0.4, 0.5) is 5.69 Å². The summed E-state index contributed by atoms with van der Waals surface area (Å²) < 4.78 is 32.3. The SMILES string of the molecule is O=C(Cc1ccc2cc[nH]c2c1)Nc1cc(S(=O)(=O)N2CCOCC2)ccc1Cl. The molecule has 0 atom stereocenters. The molecule has 2 aromatic carbocycles. The lowest BCUT2D eigenvalue weighted by atomic mass is 10.1. The normalized spacial score (nSPS) is 15.5. The van der Waals surface area contributed by atoms with Gasteiger partial charge in [0.2, 0.25) is 15.9 Å². The Kier molecular flexibility index (Phi) is 5.60. The number of fused-ring (bicyclic) bond motifs is 1. The summed E-state index contributed by atoms with van der Waals surface area (Å²) in [4.78, 5) is 15.7. The average molecular weight is 434 g/mol. The molecule has 152 valence electrons. The molecule has 0 unspecified atom stereocenters. The first-order valence-electron chi connectivity index (χ1n) is 9.17. The molecule has 0 bridgehead atoms. The van der Waals surface area contributed by atoms with Crippen LogP contribution in [0.15, 0.2) is 53.6 Å². The van der Waals surface area contributed by atoms with E-state index >= 15 is 0 Å². The number of amides is 1. The smallest absolute Gasteiger partial charge is 0.243 e. The van der Waals surface area contributed by atoms with E-state index in [-0.39, 0.29) is 27.9 Å². The molecule has 29 heavy (non-hydrogen) atoms. The van der Waals surface area contributed by atoms with Crippen LogP contribution >= 0.6 is 11.6 Å². The van der Waals surface area contributed by atoms with E-state index in [2.05, 4.69) is 10.3 Å². The number of sulfonamides is 1. The van der Waals surface area contributed by atoms with Crippen LogP contribution in [0.1, 0.15) is 5.56 Å². The third-order valence-electron chi connectivity index (χ3n) is 4.80. The molecular formula is C20H20ClN3O4S. The molecule has 0 aliphatic carbocycles. The number of benzene rings is 2. The molecule has 3 aromatic rings. The van der Waals surface area contributed by atoms with E-state index in [0.29, 0.717) is 26.3 Å². The van der Waals surface area contributed by atoms with Crippen LogP contribution in [0.3, 0.4) is 0 Å². The minimum Gasteiger partial charge on any atom is -0.379 e. The minimum absolute atomic E-state index is 0.0897. The number of anilines is 1. The highest BCUT2D eigenvalue weighted by Crippen LogP contribution is 2.27. The van der Waals surface area contributed by atoms with E-state index in [4.69, 9.17) is 16.3 Å². The van der Waals surface area contributed by atoms with Gasteiger partial charge in [0, 0.05) is 24.8 Å². The molecular weight excluding hydrogens is 414 g/mol. The third kappa shape index (κ3) is 4.30. The van der Waals surface area contributed by atoms with Gasteiger partial charge in [-0.3, -0.25) is 4.79 Å². The summed E-state index contributed by atoms with van der Waals surface area (Å²) in [5, 5.41) is 4.07. The van der Waals surface area contributed by atoms with Crippen molar-refractivity contribution in [2.45, 2.75) is 11.3 Å². The lowest BCUT2D eigenvalue weighted by Gasteiger charge is -2.26. The highest BCUT2D eigenvalue weighted by molar-refractivity contribution is 7.89. The molecule has 1 fully saturated rings. The Morgan fingerprint density at radius 1 is 1.14 bits per heavy atom. The van der Waals surface area contributed by atoms with Gasteiger partial charge in [0.05, 0.1) is 35.2 Å². The predicted octanol–water partition coefficient (Wildman–Crippen LogP) is 3.02. The number of rotatable bonds is 5. The highest BCUT2D eigenvalue weighted by Gasteiger charge is 2.27. The summed E-state index contributed by atoms with van der Waals surface area (Å²) >= 11 is 6.19. The van der Waals surface area contributed by atoms with Crippen LogP contribution in [0.5, 0.6) is 0 Å². The second-order valence-electron chi connectivity index (χ2n) is 6.78. The molecule has 7 nitrogen and oxygen atoms in total. The van der Waals surface area contributed by atoms with Gasteiger partial charge < -0.3 is 15.0 Å². The van der Waals surface area contributed by atoms with E-state index in [9.17, 15) is 13.2 Å². The van der Waals surface area contributed by atoms with Crippen molar-refractivity contribution in [1.29, 1.82) is 0 Å². The minimum atomic E-state index is -3.67. The number of hydrogen-bond acceptors (Lipinski definition) is 4. The molecule has 0 spiro atoms. The number of halogens is 1. The van der Waals surface area contributed by atoms with E-state index in [1.807, 2.05) is 30.5 Å².